The third-order valence-electron chi connectivity index (χ3n) is 5.12. The zero-order valence-electron chi connectivity index (χ0n) is 16.0. The van der Waals surface area contributed by atoms with Gasteiger partial charge in [-0.1, -0.05) is 23.8 Å². The number of aryl methyl sites for hydroxylation is 1. The molecule has 0 atom stereocenters. The minimum atomic E-state index is -0.184. The van der Waals surface area contributed by atoms with Gasteiger partial charge in [-0.2, -0.15) is 5.10 Å². The predicted molar refractivity (Wildman–Crippen MR) is 106 cm³/mol. The summed E-state index contributed by atoms with van der Waals surface area (Å²) in [6, 6.07) is 13.2. The highest BCUT2D eigenvalue weighted by molar-refractivity contribution is 5.94. The van der Waals surface area contributed by atoms with E-state index in [9.17, 15) is 9.90 Å². The molecule has 2 N–H and O–H groups in total. The summed E-state index contributed by atoms with van der Waals surface area (Å²) in [5, 5.41) is 17.3. The Morgan fingerprint density at radius 3 is 2.75 bits per heavy atom. The number of aromatic hydroxyl groups is 1. The van der Waals surface area contributed by atoms with Crippen molar-refractivity contribution < 1.29 is 14.6 Å². The molecule has 0 radical (unpaired) electrons. The molecule has 1 heterocycles. The second-order valence-corrected chi connectivity index (χ2v) is 7.06. The Labute approximate surface area is 163 Å². The normalized spacial score (nSPS) is 12.6. The van der Waals surface area contributed by atoms with E-state index in [4.69, 9.17) is 4.74 Å². The van der Waals surface area contributed by atoms with Crippen LogP contribution >= 0.6 is 0 Å². The van der Waals surface area contributed by atoms with E-state index in [0.29, 0.717) is 18.0 Å². The molecule has 2 aromatic carbocycles. The lowest BCUT2D eigenvalue weighted by Crippen LogP contribution is -2.24. The molecule has 6 nitrogen and oxygen atoms in total. The second-order valence-electron chi connectivity index (χ2n) is 7.06. The minimum absolute atomic E-state index is 0.0761. The summed E-state index contributed by atoms with van der Waals surface area (Å²) in [4.78, 5) is 12.8. The summed E-state index contributed by atoms with van der Waals surface area (Å²) in [5.74, 6) is 0.277. The largest absolute Gasteiger partial charge is 0.504 e. The Morgan fingerprint density at radius 2 is 2.00 bits per heavy atom. The average molecular weight is 377 g/mol. The van der Waals surface area contributed by atoms with Gasteiger partial charge in [0.05, 0.1) is 12.8 Å². The molecule has 4 rings (SSSR count). The number of ether oxygens (including phenoxy) is 1. The Bertz CT molecular complexity index is 1020. The molecule has 0 aliphatic heterocycles. The van der Waals surface area contributed by atoms with Crippen LogP contribution in [0.15, 0.2) is 42.5 Å². The number of hydrogen-bond donors (Lipinski definition) is 2. The van der Waals surface area contributed by atoms with E-state index in [0.717, 1.165) is 41.8 Å². The lowest BCUT2D eigenvalue weighted by atomic mass is 10.1. The molecule has 1 aliphatic rings. The van der Waals surface area contributed by atoms with Crippen molar-refractivity contribution in [3.05, 3.63) is 70.5 Å². The number of nitrogens with zero attached hydrogens (tertiary/aromatic N) is 2. The topological polar surface area (TPSA) is 76.4 Å². The number of rotatable bonds is 5. The monoisotopic (exact) mass is 377 g/mol. The summed E-state index contributed by atoms with van der Waals surface area (Å²) < 4.78 is 7.02. The summed E-state index contributed by atoms with van der Waals surface area (Å²) in [7, 11) is 1.50. The molecule has 0 saturated heterocycles. The van der Waals surface area contributed by atoms with Gasteiger partial charge in [-0.3, -0.25) is 4.79 Å². The zero-order valence-corrected chi connectivity index (χ0v) is 16.0. The number of phenolic OH excluding ortho intramolecular Hbond substituents is 1. The average Bonchev–Trinajstić information content (AvgIpc) is 3.30. The van der Waals surface area contributed by atoms with Gasteiger partial charge in [0.2, 0.25) is 0 Å². The molecule has 6 heteroatoms. The van der Waals surface area contributed by atoms with Crippen LogP contribution in [0, 0.1) is 6.92 Å². The van der Waals surface area contributed by atoms with Crippen molar-refractivity contribution in [3.63, 3.8) is 0 Å². The fraction of sp³-hybridized carbons (Fsp3) is 0.273. The molecule has 1 aliphatic carbocycles. The van der Waals surface area contributed by atoms with Gasteiger partial charge in [-0.05, 0) is 56.0 Å². The molecule has 144 valence electrons. The first-order valence-electron chi connectivity index (χ1n) is 9.38. The maximum absolute atomic E-state index is 12.8. The van der Waals surface area contributed by atoms with Gasteiger partial charge in [-0.15, -0.1) is 0 Å². The quantitative estimate of drug-likeness (QED) is 0.715. The Morgan fingerprint density at radius 1 is 1.21 bits per heavy atom. The highest BCUT2D eigenvalue weighted by atomic mass is 16.5. The van der Waals surface area contributed by atoms with Crippen LogP contribution in [-0.4, -0.2) is 27.9 Å². The molecule has 0 spiro atoms. The van der Waals surface area contributed by atoms with Gasteiger partial charge in [0, 0.05) is 17.8 Å². The number of carbonyl (C=O) groups is 1. The third-order valence-corrected chi connectivity index (χ3v) is 5.12. The van der Waals surface area contributed by atoms with Crippen LogP contribution in [0.1, 0.15) is 39.3 Å². The van der Waals surface area contributed by atoms with E-state index in [-0.39, 0.29) is 11.7 Å². The van der Waals surface area contributed by atoms with E-state index >= 15 is 0 Å². The lowest BCUT2D eigenvalue weighted by Gasteiger charge is -2.08. The fourth-order valence-electron chi connectivity index (χ4n) is 3.62. The maximum atomic E-state index is 12.8. The van der Waals surface area contributed by atoms with Crippen molar-refractivity contribution in [3.8, 4) is 17.2 Å². The molecule has 1 amide bonds. The van der Waals surface area contributed by atoms with E-state index in [1.165, 1.54) is 12.7 Å². The van der Waals surface area contributed by atoms with Gasteiger partial charge in [0.25, 0.3) is 5.91 Å². The SMILES string of the molecule is COc1cc(CNC(=O)c2nn(-c3ccc(C)cc3)c3c2CCC3)ccc1O. The fourth-order valence-corrected chi connectivity index (χ4v) is 3.62. The van der Waals surface area contributed by atoms with E-state index in [1.807, 2.05) is 16.8 Å². The molecular weight excluding hydrogens is 354 g/mol. The Kier molecular flexibility index (Phi) is 4.77. The number of carbonyl (C=O) groups excluding carboxylic acids is 1. The predicted octanol–water partition coefficient (Wildman–Crippen LogP) is 3.31. The van der Waals surface area contributed by atoms with Gasteiger partial charge in [0.1, 0.15) is 0 Å². The summed E-state index contributed by atoms with van der Waals surface area (Å²) in [6.07, 6.45) is 2.84. The van der Waals surface area contributed by atoms with E-state index in [1.54, 1.807) is 18.2 Å². The number of benzene rings is 2. The minimum Gasteiger partial charge on any atom is -0.504 e. The van der Waals surface area contributed by atoms with Crippen LogP contribution in [0.4, 0.5) is 0 Å². The van der Waals surface area contributed by atoms with Crippen molar-refractivity contribution in [2.24, 2.45) is 0 Å². The van der Waals surface area contributed by atoms with Crippen molar-refractivity contribution in [1.29, 1.82) is 0 Å². The van der Waals surface area contributed by atoms with Gasteiger partial charge >= 0.3 is 0 Å². The summed E-state index contributed by atoms with van der Waals surface area (Å²) in [6.45, 7) is 2.39. The zero-order chi connectivity index (χ0) is 19.7. The van der Waals surface area contributed by atoms with Gasteiger partial charge in [-0.25, -0.2) is 4.68 Å². The van der Waals surface area contributed by atoms with Crippen LogP contribution < -0.4 is 10.1 Å². The molecule has 0 saturated carbocycles. The Hall–Kier alpha value is -3.28. The standard InChI is InChI=1S/C22H23N3O3/c1-14-6-9-16(10-7-14)25-18-5-3-4-17(18)21(24-25)22(27)23-13-15-8-11-19(26)20(12-15)28-2/h6-12,26H,3-5,13H2,1-2H3,(H,23,27). The van der Waals surface area contributed by atoms with Gasteiger partial charge in [0.15, 0.2) is 17.2 Å². The van der Waals surface area contributed by atoms with Crippen LogP contribution in [-0.2, 0) is 19.4 Å². The van der Waals surface area contributed by atoms with Crippen LogP contribution in [0.3, 0.4) is 0 Å². The van der Waals surface area contributed by atoms with Crippen molar-refractivity contribution in [2.75, 3.05) is 7.11 Å². The first-order chi connectivity index (χ1) is 13.6. The first kappa shape index (κ1) is 18.1. The number of nitrogens with one attached hydrogen (secondary N) is 1. The number of amides is 1. The molecule has 1 aromatic heterocycles. The van der Waals surface area contributed by atoms with Crippen LogP contribution in [0.5, 0.6) is 11.5 Å². The molecule has 0 fully saturated rings. The lowest BCUT2D eigenvalue weighted by molar-refractivity contribution is 0.0944. The van der Waals surface area contributed by atoms with Crippen molar-refractivity contribution in [2.45, 2.75) is 32.7 Å². The molecule has 28 heavy (non-hydrogen) atoms. The number of methoxy groups -OCH3 is 1. The highest BCUT2D eigenvalue weighted by Crippen LogP contribution is 2.28. The third kappa shape index (κ3) is 3.33. The smallest absolute Gasteiger partial charge is 0.272 e. The van der Waals surface area contributed by atoms with Crippen LogP contribution in [0.2, 0.25) is 0 Å². The molecule has 3 aromatic rings. The second kappa shape index (κ2) is 7.38. The van der Waals surface area contributed by atoms with Crippen molar-refractivity contribution in [1.82, 2.24) is 15.1 Å². The van der Waals surface area contributed by atoms with Crippen molar-refractivity contribution >= 4 is 5.91 Å². The number of fused-ring (bicyclic) bond motifs is 1. The highest BCUT2D eigenvalue weighted by Gasteiger charge is 2.26. The summed E-state index contributed by atoms with van der Waals surface area (Å²) >= 11 is 0. The van der Waals surface area contributed by atoms with E-state index < -0.39 is 0 Å². The van der Waals surface area contributed by atoms with E-state index in [2.05, 4.69) is 29.5 Å². The number of hydrogen-bond acceptors (Lipinski definition) is 4. The number of phenols is 1. The van der Waals surface area contributed by atoms with Crippen LogP contribution in [0.25, 0.3) is 5.69 Å². The Balaban J connectivity index is 1.56. The summed E-state index contributed by atoms with van der Waals surface area (Å²) in [5.41, 5.74) is 5.68. The molecule has 0 bridgehead atoms. The molecule has 0 unspecified atom stereocenters. The molecular formula is C22H23N3O3. The first-order valence-corrected chi connectivity index (χ1v) is 9.38. The number of aromatic nitrogens is 2. The van der Waals surface area contributed by atoms with Gasteiger partial charge < -0.3 is 15.2 Å². The maximum Gasteiger partial charge on any atom is 0.272 e.